The van der Waals surface area contributed by atoms with Crippen LogP contribution in [0.5, 0.6) is 0 Å². The average molecular weight is 474 g/mol. The number of hydrogen-bond donors (Lipinski definition) is 0. The maximum absolute atomic E-state index is 12.8. The molecule has 0 amide bonds. The Balaban J connectivity index is 0.000000454. The summed E-state index contributed by atoms with van der Waals surface area (Å²) >= 11 is 0. The van der Waals surface area contributed by atoms with Crippen molar-refractivity contribution in [1.29, 1.82) is 0 Å². The zero-order valence-corrected chi connectivity index (χ0v) is 20.0. The molecule has 0 bridgehead atoms. The molecule has 176 valence electrons. The molecule has 0 fully saturated rings. The van der Waals surface area contributed by atoms with E-state index in [4.69, 9.17) is 4.42 Å². The van der Waals surface area contributed by atoms with Crippen LogP contribution in [0.4, 0.5) is 5.69 Å². The van der Waals surface area contributed by atoms with Gasteiger partial charge in [-0.1, -0.05) is 12.1 Å². The van der Waals surface area contributed by atoms with Gasteiger partial charge in [-0.25, -0.2) is 22.3 Å². The molecular weight excluding hydrogens is 446 g/mol. The van der Waals surface area contributed by atoms with Crippen molar-refractivity contribution in [2.24, 2.45) is 14.1 Å². The summed E-state index contributed by atoms with van der Waals surface area (Å²) in [4.78, 5) is 15.1. The van der Waals surface area contributed by atoms with Crippen LogP contribution in [0.15, 0.2) is 57.7 Å². The van der Waals surface area contributed by atoms with Crippen LogP contribution in [0.25, 0.3) is 33.4 Å². The molecule has 4 aromatic rings. The molecule has 9 nitrogen and oxygen atoms in total. The van der Waals surface area contributed by atoms with E-state index >= 15 is 0 Å². The van der Waals surface area contributed by atoms with Gasteiger partial charge in [0.1, 0.15) is 5.58 Å². The fraction of sp³-hybridized carbons (Fsp3) is 0.304. The molecule has 0 saturated carbocycles. The van der Waals surface area contributed by atoms with Crippen molar-refractivity contribution in [3.8, 4) is 11.4 Å². The zero-order chi connectivity index (χ0) is 24.3. The highest BCUT2D eigenvalue weighted by molar-refractivity contribution is 7.80. The van der Waals surface area contributed by atoms with Crippen LogP contribution in [-0.2, 0) is 28.7 Å². The lowest BCUT2D eigenvalue weighted by molar-refractivity contribution is -0.634. The van der Waals surface area contributed by atoms with Gasteiger partial charge in [-0.05, 0) is 44.2 Å². The molecule has 0 unspecified atom stereocenters. The van der Waals surface area contributed by atoms with Crippen molar-refractivity contribution >= 4 is 38.1 Å². The molecule has 2 aromatic carbocycles. The van der Waals surface area contributed by atoms with Crippen LogP contribution < -0.4 is 15.1 Å². The molecule has 0 aliphatic carbocycles. The first-order valence-corrected chi connectivity index (χ1v) is 11.7. The van der Waals surface area contributed by atoms with Gasteiger partial charge in [0, 0.05) is 30.2 Å². The first-order chi connectivity index (χ1) is 15.6. The first-order valence-electron chi connectivity index (χ1n) is 10.4. The molecule has 2 heterocycles. The Labute approximate surface area is 192 Å². The van der Waals surface area contributed by atoms with E-state index in [1.54, 1.807) is 0 Å². The van der Waals surface area contributed by atoms with Crippen molar-refractivity contribution in [2.45, 2.75) is 13.8 Å². The van der Waals surface area contributed by atoms with Gasteiger partial charge in [0.15, 0.2) is 16.6 Å². The van der Waals surface area contributed by atoms with E-state index in [0.29, 0.717) is 11.1 Å². The van der Waals surface area contributed by atoms with Gasteiger partial charge in [-0.3, -0.25) is 4.18 Å². The predicted octanol–water partition coefficient (Wildman–Crippen LogP) is 2.72. The van der Waals surface area contributed by atoms with Gasteiger partial charge in [0.2, 0.25) is 10.4 Å². The van der Waals surface area contributed by atoms with Crippen molar-refractivity contribution in [3.05, 3.63) is 59.0 Å². The summed E-state index contributed by atoms with van der Waals surface area (Å²) in [5, 5.41) is 0.922. The molecule has 0 atom stereocenters. The first kappa shape index (κ1) is 24.4. The molecule has 0 spiro atoms. The van der Waals surface area contributed by atoms with Crippen molar-refractivity contribution < 1.29 is 26.1 Å². The number of hydrogen-bond acceptors (Lipinski definition) is 7. The molecule has 2 aromatic heterocycles. The summed E-state index contributed by atoms with van der Waals surface area (Å²) in [5.74, 6) is 0.833. The number of imidazole rings is 1. The molecule has 0 aliphatic rings. The van der Waals surface area contributed by atoms with Gasteiger partial charge in [-0.15, -0.1) is 0 Å². The molecule has 0 saturated heterocycles. The van der Waals surface area contributed by atoms with Gasteiger partial charge in [-0.2, -0.15) is 0 Å². The lowest BCUT2D eigenvalue weighted by Gasteiger charge is -2.20. The largest absolute Gasteiger partial charge is 0.726 e. The fourth-order valence-corrected chi connectivity index (χ4v) is 3.89. The average Bonchev–Trinajstić information content (AvgIpc) is 3.04. The maximum atomic E-state index is 12.8. The molecule has 0 N–H and O–H groups in total. The third-order valence-corrected chi connectivity index (χ3v) is 5.94. The van der Waals surface area contributed by atoms with E-state index in [-0.39, 0.29) is 5.63 Å². The molecule has 4 rings (SSSR count). The van der Waals surface area contributed by atoms with Crippen LogP contribution in [0.2, 0.25) is 0 Å². The van der Waals surface area contributed by atoms with Gasteiger partial charge in [0.05, 0.1) is 21.2 Å². The number of rotatable bonds is 5. The topological polar surface area (TPSA) is 109 Å². The molecule has 33 heavy (non-hydrogen) atoms. The van der Waals surface area contributed by atoms with Crippen molar-refractivity contribution in [1.82, 2.24) is 4.57 Å². The van der Waals surface area contributed by atoms with E-state index in [2.05, 4.69) is 41.1 Å². The van der Waals surface area contributed by atoms with E-state index in [1.165, 1.54) is 0 Å². The zero-order valence-electron chi connectivity index (χ0n) is 19.2. The number of para-hydroxylation sites is 2. The van der Waals surface area contributed by atoms with E-state index in [1.807, 2.05) is 53.6 Å². The Kier molecular flexibility index (Phi) is 7.21. The predicted molar refractivity (Wildman–Crippen MR) is 126 cm³/mol. The Bertz CT molecular complexity index is 1410. The summed E-state index contributed by atoms with van der Waals surface area (Å²) < 4.78 is 40.8. The monoisotopic (exact) mass is 473 g/mol. The van der Waals surface area contributed by atoms with Crippen LogP contribution in [-0.4, -0.2) is 37.7 Å². The lowest BCUT2D eigenvalue weighted by Crippen LogP contribution is -2.31. The quantitative estimate of drug-likeness (QED) is 0.190. The second-order valence-corrected chi connectivity index (χ2v) is 8.50. The Morgan fingerprint density at radius 2 is 1.76 bits per heavy atom. The van der Waals surface area contributed by atoms with E-state index in [9.17, 15) is 17.8 Å². The lowest BCUT2D eigenvalue weighted by atomic mass is 10.1. The molecule has 0 aliphatic heterocycles. The SMILES string of the molecule is CCN(CC)c1ccc2cc(-c3n(C)c4ccccc4[n+]3C)c(=O)oc2c1.COS(=O)(=O)[O-]. The summed E-state index contributed by atoms with van der Waals surface area (Å²) in [6.07, 6.45) is 0. The Morgan fingerprint density at radius 1 is 1.12 bits per heavy atom. The highest BCUT2D eigenvalue weighted by atomic mass is 32.3. The summed E-state index contributed by atoms with van der Waals surface area (Å²) in [7, 11) is 0.350. The van der Waals surface area contributed by atoms with Crippen LogP contribution in [0, 0.1) is 0 Å². The van der Waals surface area contributed by atoms with E-state index in [0.717, 1.165) is 48.1 Å². The number of aromatic nitrogens is 2. The maximum Gasteiger partial charge on any atom is 0.351 e. The van der Waals surface area contributed by atoms with Crippen LogP contribution >= 0.6 is 0 Å². The van der Waals surface area contributed by atoms with Crippen LogP contribution in [0.3, 0.4) is 0 Å². The van der Waals surface area contributed by atoms with E-state index < -0.39 is 10.4 Å². The standard InChI is InChI=1S/C22H24N3O2.CH4O4S/c1-5-25(6-2)16-12-11-15-13-17(22(26)27-20(15)14-16)21-23(3)18-9-7-8-10-19(18)24(21)4;1-5-6(2,3)4/h7-14H,5-6H2,1-4H3;1H3,(H,2,3,4)/q+1;/p-1. The minimum atomic E-state index is -4.41. The minimum Gasteiger partial charge on any atom is -0.726 e. The van der Waals surface area contributed by atoms with Gasteiger partial charge < -0.3 is 13.9 Å². The number of nitrogens with zero attached hydrogens (tertiary/aromatic N) is 3. The Morgan fingerprint density at radius 3 is 2.33 bits per heavy atom. The minimum absolute atomic E-state index is 0.319. The third kappa shape index (κ3) is 5.08. The highest BCUT2D eigenvalue weighted by Gasteiger charge is 2.25. The molecular formula is C23H27N3O6S. The highest BCUT2D eigenvalue weighted by Crippen LogP contribution is 2.25. The van der Waals surface area contributed by atoms with Crippen LogP contribution in [0.1, 0.15) is 13.8 Å². The second-order valence-electron chi connectivity index (χ2n) is 7.35. The number of anilines is 1. The summed E-state index contributed by atoms with van der Waals surface area (Å²) in [5.41, 5.74) is 4.09. The van der Waals surface area contributed by atoms with Gasteiger partial charge >= 0.3 is 5.63 Å². The number of fused-ring (bicyclic) bond motifs is 2. The third-order valence-electron chi connectivity index (χ3n) is 5.53. The van der Waals surface area contributed by atoms with Gasteiger partial charge in [0.25, 0.3) is 5.82 Å². The second kappa shape index (κ2) is 9.74. The van der Waals surface area contributed by atoms with Crippen molar-refractivity contribution in [3.63, 3.8) is 0 Å². The fourth-order valence-electron chi connectivity index (χ4n) is 3.89. The van der Waals surface area contributed by atoms with Crippen molar-refractivity contribution in [2.75, 3.05) is 25.1 Å². The number of aryl methyl sites for hydroxylation is 2. The molecule has 0 radical (unpaired) electrons. The summed E-state index contributed by atoms with van der Waals surface area (Å²) in [6.45, 7) is 6.06. The number of benzene rings is 2. The normalized spacial score (nSPS) is 11.5. The smallest absolute Gasteiger partial charge is 0.351 e. The Hall–Kier alpha value is -3.21. The molecule has 10 heteroatoms. The summed E-state index contributed by atoms with van der Waals surface area (Å²) in [6, 6.07) is 16.1.